The Hall–Kier alpha value is -3.29. The molecule has 0 saturated carbocycles. The van der Waals surface area contributed by atoms with Crippen LogP contribution in [0.2, 0.25) is 0 Å². The minimum absolute atomic E-state index is 0.0250. The van der Waals surface area contributed by atoms with Crippen molar-refractivity contribution < 1.29 is 18.9 Å². The van der Waals surface area contributed by atoms with Crippen LogP contribution in [-0.2, 0) is 9.59 Å². The Balaban J connectivity index is 1.73. The second-order valence-electron chi connectivity index (χ2n) is 6.13. The molecule has 2 amide bonds. The van der Waals surface area contributed by atoms with E-state index >= 15 is 0 Å². The summed E-state index contributed by atoms with van der Waals surface area (Å²) in [7, 11) is 0. The number of nitrogens with one attached hydrogen (secondary N) is 1. The van der Waals surface area contributed by atoms with E-state index in [1.165, 1.54) is 41.3 Å². The van der Waals surface area contributed by atoms with Crippen molar-refractivity contribution in [2.75, 3.05) is 16.8 Å². The third-order valence-corrected chi connectivity index (χ3v) is 4.32. The van der Waals surface area contributed by atoms with E-state index in [1.54, 1.807) is 13.0 Å². The van der Waals surface area contributed by atoms with Crippen LogP contribution in [0.15, 0.2) is 42.5 Å². The maximum absolute atomic E-state index is 13.0. The van der Waals surface area contributed by atoms with Crippen LogP contribution in [-0.4, -0.2) is 23.3 Å². The van der Waals surface area contributed by atoms with Crippen molar-refractivity contribution >= 4 is 28.9 Å². The zero-order valence-corrected chi connectivity index (χ0v) is 13.9. The molecule has 26 heavy (non-hydrogen) atoms. The molecular formula is C18H16FN3O4. The molecule has 0 aliphatic carbocycles. The second kappa shape index (κ2) is 6.91. The van der Waals surface area contributed by atoms with E-state index in [2.05, 4.69) is 5.32 Å². The summed E-state index contributed by atoms with van der Waals surface area (Å²) in [5.41, 5.74) is 1.43. The van der Waals surface area contributed by atoms with Crippen LogP contribution in [0.3, 0.4) is 0 Å². The van der Waals surface area contributed by atoms with Gasteiger partial charge in [-0.05, 0) is 36.8 Å². The van der Waals surface area contributed by atoms with E-state index in [-0.39, 0.29) is 30.5 Å². The van der Waals surface area contributed by atoms with Gasteiger partial charge in [0.05, 0.1) is 16.5 Å². The van der Waals surface area contributed by atoms with Gasteiger partial charge in [0.2, 0.25) is 11.8 Å². The number of aryl methyl sites for hydroxylation is 1. The van der Waals surface area contributed by atoms with Gasteiger partial charge in [-0.25, -0.2) is 4.39 Å². The van der Waals surface area contributed by atoms with Gasteiger partial charge in [-0.15, -0.1) is 0 Å². The highest BCUT2D eigenvalue weighted by atomic mass is 19.1. The van der Waals surface area contributed by atoms with Crippen LogP contribution >= 0.6 is 0 Å². The number of non-ortho nitro benzene ring substituents is 1. The van der Waals surface area contributed by atoms with Gasteiger partial charge in [0.1, 0.15) is 5.82 Å². The molecule has 3 rings (SSSR count). The molecular weight excluding hydrogens is 341 g/mol. The highest BCUT2D eigenvalue weighted by Crippen LogP contribution is 2.27. The number of carbonyl (C=O) groups excluding carboxylic acids is 2. The first-order valence-corrected chi connectivity index (χ1v) is 7.97. The number of rotatable bonds is 4. The molecule has 0 spiro atoms. The monoisotopic (exact) mass is 357 g/mol. The number of nitrogens with zero attached hydrogens (tertiary/aromatic N) is 2. The highest BCUT2D eigenvalue weighted by molar-refractivity contribution is 6.03. The fourth-order valence-corrected chi connectivity index (χ4v) is 2.85. The molecule has 2 aromatic carbocycles. The molecule has 1 heterocycles. The molecule has 7 nitrogen and oxygen atoms in total. The number of hydrogen-bond donors (Lipinski definition) is 1. The Labute approximate surface area is 148 Å². The van der Waals surface area contributed by atoms with Gasteiger partial charge in [0, 0.05) is 30.8 Å². The Morgan fingerprint density at radius 3 is 2.62 bits per heavy atom. The van der Waals surface area contributed by atoms with Gasteiger partial charge in [-0.2, -0.15) is 0 Å². The summed E-state index contributed by atoms with van der Waals surface area (Å²) in [6.07, 6.45) is 0.0250. The third-order valence-electron chi connectivity index (χ3n) is 4.32. The Morgan fingerprint density at radius 2 is 1.96 bits per heavy atom. The van der Waals surface area contributed by atoms with E-state index in [4.69, 9.17) is 0 Å². The molecule has 0 radical (unpaired) electrons. The first-order chi connectivity index (χ1) is 12.3. The average Bonchev–Trinajstić information content (AvgIpc) is 2.99. The summed E-state index contributed by atoms with van der Waals surface area (Å²) in [6.45, 7) is 1.90. The number of amides is 2. The van der Waals surface area contributed by atoms with Crippen LogP contribution in [0.4, 0.5) is 21.5 Å². The van der Waals surface area contributed by atoms with Gasteiger partial charge in [-0.3, -0.25) is 19.7 Å². The molecule has 0 unspecified atom stereocenters. The number of nitro benzene ring substituents is 1. The van der Waals surface area contributed by atoms with Crippen LogP contribution in [0, 0.1) is 28.8 Å². The number of halogens is 1. The van der Waals surface area contributed by atoms with Crippen LogP contribution in [0.25, 0.3) is 0 Å². The first kappa shape index (κ1) is 17.5. The molecule has 8 heteroatoms. The average molecular weight is 357 g/mol. The van der Waals surface area contributed by atoms with E-state index in [9.17, 15) is 24.1 Å². The Bertz CT molecular complexity index is 883. The van der Waals surface area contributed by atoms with E-state index < -0.39 is 16.7 Å². The third kappa shape index (κ3) is 3.53. The molecule has 1 aliphatic heterocycles. The van der Waals surface area contributed by atoms with Crippen molar-refractivity contribution in [2.24, 2.45) is 5.92 Å². The number of hydrogen-bond acceptors (Lipinski definition) is 4. The molecule has 0 bridgehead atoms. The lowest BCUT2D eigenvalue weighted by Gasteiger charge is -2.17. The molecule has 0 aromatic heterocycles. The Morgan fingerprint density at radius 1 is 1.27 bits per heavy atom. The lowest BCUT2D eigenvalue weighted by Crippen LogP contribution is -2.28. The topological polar surface area (TPSA) is 92.5 Å². The van der Waals surface area contributed by atoms with Crippen LogP contribution < -0.4 is 10.2 Å². The zero-order chi connectivity index (χ0) is 18.8. The minimum atomic E-state index is -0.591. The number of benzene rings is 2. The predicted molar refractivity (Wildman–Crippen MR) is 93.3 cm³/mol. The maximum Gasteiger partial charge on any atom is 0.271 e. The number of carbonyl (C=O) groups is 2. The lowest BCUT2D eigenvalue weighted by atomic mass is 10.1. The molecule has 1 fully saturated rings. The molecule has 1 aliphatic rings. The Kier molecular flexibility index (Phi) is 4.66. The quantitative estimate of drug-likeness (QED) is 0.672. The van der Waals surface area contributed by atoms with Crippen molar-refractivity contribution in [3.63, 3.8) is 0 Å². The summed E-state index contributed by atoms with van der Waals surface area (Å²) in [4.78, 5) is 36.5. The molecule has 1 atom stereocenters. The van der Waals surface area contributed by atoms with Crippen molar-refractivity contribution in [1.82, 2.24) is 0 Å². The summed E-state index contributed by atoms with van der Waals surface area (Å²) >= 11 is 0. The summed E-state index contributed by atoms with van der Waals surface area (Å²) in [5.74, 6) is -1.61. The van der Waals surface area contributed by atoms with Crippen LogP contribution in [0.1, 0.15) is 12.0 Å². The molecule has 1 saturated heterocycles. The molecule has 134 valence electrons. The molecule has 1 N–H and O–H groups in total. The van der Waals surface area contributed by atoms with Crippen LogP contribution in [0.5, 0.6) is 0 Å². The van der Waals surface area contributed by atoms with Gasteiger partial charge in [0.15, 0.2) is 0 Å². The SMILES string of the molecule is Cc1ccc([N+](=O)[O-])cc1NC(=O)[C@H]1CC(=O)N(c2ccc(F)cc2)C1. The van der Waals surface area contributed by atoms with Crippen molar-refractivity contribution in [3.05, 3.63) is 64.0 Å². The first-order valence-electron chi connectivity index (χ1n) is 7.97. The fraction of sp³-hybridized carbons (Fsp3) is 0.222. The summed E-state index contributed by atoms with van der Waals surface area (Å²) in [6, 6.07) is 9.68. The molecule has 2 aromatic rings. The maximum atomic E-state index is 13.0. The number of nitro groups is 1. The summed E-state index contributed by atoms with van der Waals surface area (Å²) < 4.78 is 13.0. The van der Waals surface area contributed by atoms with E-state index in [0.717, 1.165) is 0 Å². The van der Waals surface area contributed by atoms with Crippen molar-refractivity contribution in [3.8, 4) is 0 Å². The number of anilines is 2. The van der Waals surface area contributed by atoms with Gasteiger partial charge < -0.3 is 10.2 Å². The second-order valence-corrected chi connectivity index (χ2v) is 6.13. The smallest absolute Gasteiger partial charge is 0.271 e. The largest absolute Gasteiger partial charge is 0.325 e. The van der Waals surface area contributed by atoms with Gasteiger partial charge >= 0.3 is 0 Å². The van der Waals surface area contributed by atoms with E-state index in [1.807, 2.05) is 0 Å². The summed E-state index contributed by atoms with van der Waals surface area (Å²) in [5, 5.41) is 13.6. The van der Waals surface area contributed by atoms with Crippen molar-refractivity contribution in [1.29, 1.82) is 0 Å². The van der Waals surface area contributed by atoms with Crippen molar-refractivity contribution in [2.45, 2.75) is 13.3 Å². The van der Waals surface area contributed by atoms with E-state index in [0.29, 0.717) is 16.9 Å². The zero-order valence-electron chi connectivity index (χ0n) is 13.9. The van der Waals surface area contributed by atoms with Gasteiger partial charge in [0.25, 0.3) is 5.69 Å². The lowest BCUT2D eigenvalue weighted by molar-refractivity contribution is -0.384. The highest BCUT2D eigenvalue weighted by Gasteiger charge is 2.35. The standard InChI is InChI=1S/C18H16FN3O4/c1-11-2-5-15(22(25)26)9-16(11)20-18(24)12-8-17(23)21(10-12)14-6-3-13(19)4-7-14/h2-7,9,12H,8,10H2,1H3,(H,20,24)/t12-/m0/s1. The minimum Gasteiger partial charge on any atom is -0.325 e. The van der Waals surface area contributed by atoms with Gasteiger partial charge in [-0.1, -0.05) is 6.07 Å². The predicted octanol–water partition coefficient (Wildman–Crippen LogP) is 3.03. The normalized spacial score (nSPS) is 16.6. The fourth-order valence-electron chi connectivity index (χ4n) is 2.85.